The third-order valence-corrected chi connectivity index (χ3v) is 5.25. The monoisotopic (exact) mass is 309 g/mol. The zero-order chi connectivity index (χ0) is 16.0. The standard InChI is InChI=1S/C16H20FNO4/c1-3-15(2)6-4-12-16(15,11(20)9-19)22-14(21-12)10-5-7-18-13(17)8-10/h5,7-8,12,14,19H,3-4,6,9H2,1-2H3/t12-,14?,15?,16-/m1/s1. The zero-order valence-corrected chi connectivity index (χ0v) is 12.7. The number of hydrogen-bond donors (Lipinski definition) is 1. The molecule has 6 heteroatoms. The van der Waals surface area contributed by atoms with Crippen LogP contribution in [-0.4, -0.2) is 34.2 Å². The van der Waals surface area contributed by atoms with Crippen LogP contribution in [0.3, 0.4) is 0 Å². The second-order valence-electron chi connectivity index (χ2n) is 6.26. The van der Waals surface area contributed by atoms with Crippen molar-refractivity contribution in [3.63, 3.8) is 0 Å². The molecule has 2 aliphatic rings. The van der Waals surface area contributed by atoms with Gasteiger partial charge in [-0.15, -0.1) is 0 Å². The minimum atomic E-state index is -1.17. The van der Waals surface area contributed by atoms with Gasteiger partial charge in [0.1, 0.15) is 6.61 Å². The van der Waals surface area contributed by atoms with E-state index in [9.17, 15) is 14.3 Å². The van der Waals surface area contributed by atoms with Crippen molar-refractivity contribution in [3.05, 3.63) is 29.8 Å². The molecule has 0 amide bonds. The Kier molecular flexibility index (Phi) is 3.79. The number of rotatable bonds is 4. The lowest BCUT2D eigenvalue weighted by Crippen LogP contribution is -2.55. The average molecular weight is 309 g/mol. The molecule has 0 bridgehead atoms. The molecule has 22 heavy (non-hydrogen) atoms. The summed E-state index contributed by atoms with van der Waals surface area (Å²) in [5.41, 5.74) is -1.08. The van der Waals surface area contributed by atoms with Crippen molar-refractivity contribution in [2.45, 2.75) is 51.1 Å². The van der Waals surface area contributed by atoms with Gasteiger partial charge >= 0.3 is 0 Å². The number of ketones is 1. The molecule has 1 N–H and O–H groups in total. The third kappa shape index (κ3) is 2.01. The lowest BCUT2D eigenvalue weighted by atomic mass is 9.71. The number of carbonyl (C=O) groups excluding carboxylic acids is 1. The van der Waals surface area contributed by atoms with Crippen molar-refractivity contribution >= 4 is 5.78 Å². The Labute approximate surface area is 128 Å². The van der Waals surface area contributed by atoms with Crippen molar-refractivity contribution in [2.24, 2.45) is 5.41 Å². The minimum absolute atomic E-state index is 0.364. The minimum Gasteiger partial charge on any atom is -0.388 e. The number of pyridine rings is 1. The smallest absolute Gasteiger partial charge is 0.213 e. The van der Waals surface area contributed by atoms with Gasteiger partial charge in [-0.3, -0.25) is 4.79 Å². The van der Waals surface area contributed by atoms with Gasteiger partial charge in [0, 0.05) is 23.2 Å². The summed E-state index contributed by atoms with van der Waals surface area (Å²) >= 11 is 0. The van der Waals surface area contributed by atoms with Gasteiger partial charge in [-0.1, -0.05) is 13.8 Å². The molecule has 1 aromatic heterocycles. The summed E-state index contributed by atoms with van der Waals surface area (Å²) in [7, 11) is 0. The van der Waals surface area contributed by atoms with Crippen molar-refractivity contribution in [1.29, 1.82) is 0 Å². The van der Waals surface area contributed by atoms with E-state index < -0.39 is 36.0 Å². The Hall–Kier alpha value is -1.37. The number of aromatic nitrogens is 1. The van der Waals surface area contributed by atoms with Crippen LogP contribution in [-0.2, 0) is 14.3 Å². The summed E-state index contributed by atoms with van der Waals surface area (Å²) in [6, 6.07) is 2.85. The van der Waals surface area contributed by atoms with Gasteiger partial charge in [-0.2, -0.15) is 4.39 Å². The van der Waals surface area contributed by atoms with E-state index >= 15 is 0 Å². The second-order valence-corrected chi connectivity index (χ2v) is 6.26. The van der Waals surface area contributed by atoms with E-state index in [-0.39, 0.29) is 5.78 Å². The molecule has 0 spiro atoms. The molecule has 2 fully saturated rings. The van der Waals surface area contributed by atoms with E-state index in [4.69, 9.17) is 9.47 Å². The molecule has 5 nitrogen and oxygen atoms in total. The first-order valence-corrected chi connectivity index (χ1v) is 7.56. The Balaban J connectivity index is 1.99. The van der Waals surface area contributed by atoms with Gasteiger partial charge in [0.15, 0.2) is 17.7 Å². The van der Waals surface area contributed by atoms with E-state index in [2.05, 4.69) is 4.98 Å². The van der Waals surface area contributed by atoms with Gasteiger partial charge < -0.3 is 14.6 Å². The fourth-order valence-electron chi connectivity index (χ4n) is 3.80. The largest absolute Gasteiger partial charge is 0.388 e. The Morgan fingerprint density at radius 3 is 3.00 bits per heavy atom. The second kappa shape index (κ2) is 5.37. The summed E-state index contributed by atoms with van der Waals surface area (Å²) in [5.74, 6) is -0.987. The summed E-state index contributed by atoms with van der Waals surface area (Å²) in [6.45, 7) is 3.39. The van der Waals surface area contributed by atoms with Crippen molar-refractivity contribution < 1.29 is 23.8 Å². The average Bonchev–Trinajstić information content (AvgIpc) is 3.04. The van der Waals surface area contributed by atoms with Crippen LogP contribution in [0.25, 0.3) is 0 Å². The van der Waals surface area contributed by atoms with Gasteiger partial charge in [0.25, 0.3) is 0 Å². The molecular weight excluding hydrogens is 289 g/mol. The van der Waals surface area contributed by atoms with Crippen LogP contribution >= 0.6 is 0 Å². The SMILES string of the molecule is CCC1(C)CC[C@H]2OC(c3ccnc(F)c3)O[C@]21C(=O)CO. The molecule has 0 aromatic carbocycles. The number of hydrogen-bond acceptors (Lipinski definition) is 5. The van der Waals surface area contributed by atoms with E-state index in [0.717, 1.165) is 12.8 Å². The first kappa shape index (κ1) is 15.5. The maximum atomic E-state index is 13.3. The number of fused-ring (bicyclic) bond motifs is 1. The maximum Gasteiger partial charge on any atom is 0.213 e. The van der Waals surface area contributed by atoms with Crippen LogP contribution in [0.4, 0.5) is 4.39 Å². The Morgan fingerprint density at radius 2 is 2.36 bits per heavy atom. The third-order valence-electron chi connectivity index (χ3n) is 5.25. The van der Waals surface area contributed by atoms with Crippen molar-refractivity contribution in [1.82, 2.24) is 4.98 Å². The number of carbonyl (C=O) groups is 1. The predicted octanol–water partition coefficient (Wildman–Crippen LogP) is 2.15. The van der Waals surface area contributed by atoms with Crippen LogP contribution in [0, 0.1) is 11.4 Å². The molecule has 1 saturated carbocycles. The van der Waals surface area contributed by atoms with Gasteiger partial charge in [0.2, 0.25) is 5.95 Å². The summed E-state index contributed by atoms with van der Waals surface area (Å²) in [5, 5.41) is 9.41. The lowest BCUT2D eigenvalue weighted by molar-refractivity contribution is -0.168. The number of halogens is 1. The molecule has 1 saturated heterocycles. The van der Waals surface area contributed by atoms with E-state index in [1.807, 2.05) is 13.8 Å². The maximum absolute atomic E-state index is 13.3. The van der Waals surface area contributed by atoms with Crippen LogP contribution in [0.5, 0.6) is 0 Å². The Bertz CT molecular complexity index is 595. The first-order chi connectivity index (χ1) is 10.5. The summed E-state index contributed by atoms with van der Waals surface area (Å²) in [6.07, 6.45) is 2.31. The molecular formula is C16H20FNO4. The molecule has 120 valence electrons. The Morgan fingerprint density at radius 1 is 1.59 bits per heavy atom. The number of nitrogens with zero attached hydrogens (tertiary/aromatic N) is 1. The van der Waals surface area contributed by atoms with Crippen LogP contribution in [0.1, 0.15) is 45.0 Å². The predicted molar refractivity (Wildman–Crippen MR) is 75.3 cm³/mol. The van der Waals surface area contributed by atoms with Crippen LogP contribution < -0.4 is 0 Å². The molecule has 3 rings (SSSR count). The number of aliphatic hydroxyl groups is 1. The molecule has 0 radical (unpaired) electrons. The highest BCUT2D eigenvalue weighted by Crippen LogP contribution is 2.58. The number of ether oxygens (including phenoxy) is 2. The highest BCUT2D eigenvalue weighted by molar-refractivity contribution is 5.90. The fraction of sp³-hybridized carbons (Fsp3) is 0.625. The summed E-state index contributed by atoms with van der Waals surface area (Å²) in [4.78, 5) is 16.0. The molecule has 1 aliphatic carbocycles. The quantitative estimate of drug-likeness (QED) is 0.863. The van der Waals surface area contributed by atoms with Gasteiger partial charge in [0.05, 0.1) is 6.10 Å². The molecule has 2 heterocycles. The first-order valence-electron chi connectivity index (χ1n) is 7.56. The topological polar surface area (TPSA) is 68.7 Å². The highest BCUT2D eigenvalue weighted by Gasteiger charge is 2.67. The van der Waals surface area contributed by atoms with Gasteiger partial charge in [-0.25, -0.2) is 4.98 Å². The van der Waals surface area contributed by atoms with Crippen molar-refractivity contribution in [3.8, 4) is 0 Å². The molecule has 1 aliphatic heterocycles. The zero-order valence-electron chi connectivity index (χ0n) is 12.7. The molecule has 1 aromatic rings. The van der Waals surface area contributed by atoms with E-state index in [1.54, 1.807) is 6.07 Å². The number of Topliss-reactive ketones (excluding diaryl/α,β-unsaturated/α-hetero) is 1. The number of aliphatic hydroxyl groups excluding tert-OH is 1. The van der Waals surface area contributed by atoms with E-state index in [1.165, 1.54) is 12.3 Å². The van der Waals surface area contributed by atoms with Crippen molar-refractivity contribution in [2.75, 3.05) is 6.61 Å². The lowest BCUT2D eigenvalue weighted by Gasteiger charge is -2.39. The normalized spacial score (nSPS) is 37.3. The van der Waals surface area contributed by atoms with Gasteiger partial charge in [-0.05, 0) is 25.3 Å². The fourth-order valence-corrected chi connectivity index (χ4v) is 3.80. The highest BCUT2D eigenvalue weighted by atomic mass is 19.1. The van der Waals surface area contributed by atoms with E-state index in [0.29, 0.717) is 12.0 Å². The summed E-state index contributed by atoms with van der Waals surface area (Å²) < 4.78 is 25.3. The van der Waals surface area contributed by atoms with Crippen LogP contribution in [0.15, 0.2) is 18.3 Å². The molecule has 2 unspecified atom stereocenters. The molecule has 4 atom stereocenters. The van der Waals surface area contributed by atoms with Crippen LogP contribution in [0.2, 0.25) is 0 Å².